The monoisotopic (exact) mass is 347 g/mol. The van der Waals surface area contributed by atoms with Gasteiger partial charge in [0, 0.05) is 10.2 Å². The van der Waals surface area contributed by atoms with E-state index in [1.54, 1.807) is 25.1 Å². The van der Waals surface area contributed by atoms with Gasteiger partial charge in [0.1, 0.15) is 0 Å². The second-order valence-corrected chi connectivity index (χ2v) is 5.63. The molecule has 108 valence electrons. The molecule has 0 aromatic heterocycles. The molecular formula is C16H14BrNO3. The number of benzene rings is 2. The standard InChI is InChI=1S/C16H14BrNO3/c1-9-3-6-14(17)13(7-9)15(19)18-11-5-4-10(2)12(8-11)16(20)21/h3-8H,1-2H3,(H,18,19)(H,20,21). The zero-order valence-electron chi connectivity index (χ0n) is 11.6. The van der Waals surface area contributed by atoms with Crippen molar-refractivity contribution in [2.45, 2.75) is 13.8 Å². The van der Waals surface area contributed by atoms with Gasteiger partial charge in [-0.05, 0) is 59.6 Å². The lowest BCUT2D eigenvalue weighted by atomic mass is 10.1. The first-order valence-electron chi connectivity index (χ1n) is 6.30. The number of carboxylic acid groups (broad SMARTS) is 1. The number of hydrogen-bond acceptors (Lipinski definition) is 2. The number of aryl methyl sites for hydroxylation is 2. The molecule has 2 rings (SSSR count). The molecule has 0 aliphatic carbocycles. The number of nitrogens with one attached hydrogen (secondary N) is 1. The summed E-state index contributed by atoms with van der Waals surface area (Å²) >= 11 is 3.34. The Morgan fingerprint density at radius 3 is 2.43 bits per heavy atom. The van der Waals surface area contributed by atoms with Gasteiger partial charge in [-0.2, -0.15) is 0 Å². The molecule has 0 fully saturated rings. The van der Waals surface area contributed by atoms with Crippen LogP contribution in [0, 0.1) is 13.8 Å². The van der Waals surface area contributed by atoms with E-state index in [0.29, 0.717) is 21.3 Å². The highest BCUT2D eigenvalue weighted by Crippen LogP contribution is 2.21. The van der Waals surface area contributed by atoms with Gasteiger partial charge in [-0.3, -0.25) is 4.79 Å². The average Bonchev–Trinajstić information content (AvgIpc) is 2.43. The SMILES string of the molecule is Cc1ccc(Br)c(C(=O)Nc2ccc(C)c(C(=O)O)c2)c1. The van der Waals surface area contributed by atoms with Crippen molar-refractivity contribution in [1.82, 2.24) is 0 Å². The van der Waals surface area contributed by atoms with E-state index in [-0.39, 0.29) is 11.5 Å². The molecule has 0 saturated heterocycles. The van der Waals surface area contributed by atoms with Crippen molar-refractivity contribution in [3.63, 3.8) is 0 Å². The molecule has 0 aliphatic heterocycles. The Bertz CT molecular complexity index is 725. The number of carbonyl (C=O) groups excluding carboxylic acids is 1. The quantitative estimate of drug-likeness (QED) is 0.881. The fourth-order valence-electron chi connectivity index (χ4n) is 1.94. The lowest BCUT2D eigenvalue weighted by Crippen LogP contribution is -2.13. The molecule has 0 spiro atoms. The van der Waals surface area contributed by atoms with E-state index in [1.165, 1.54) is 6.07 Å². The van der Waals surface area contributed by atoms with Crippen LogP contribution in [-0.2, 0) is 0 Å². The fourth-order valence-corrected chi connectivity index (χ4v) is 2.37. The summed E-state index contributed by atoms with van der Waals surface area (Å²) in [5.74, 6) is -1.30. The predicted molar refractivity (Wildman–Crippen MR) is 85.0 cm³/mol. The number of aromatic carboxylic acids is 1. The summed E-state index contributed by atoms with van der Waals surface area (Å²) in [4.78, 5) is 23.4. The predicted octanol–water partition coefficient (Wildman–Crippen LogP) is 4.02. The van der Waals surface area contributed by atoms with Gasteiger partial charge in [-0.25, -0.2) is 4.79 Å². The van der Waals surface area contributed by atoms with Crippen molar-refractivity contribution in [1.29, 1.82) is 0 Å². The van der Waals surface area contributed by atoms with E-state index in [2.05, 4.69) is 21.2 Å². The molecule has 21 heavy (non-hydrogen) atoms. The van der Waals surface area contributed by atoms with E-state index < -0.39 is 5.97 Å². The number of hydrogen-bond donors (Lipinski definition) is 2. The summed E-state index contributed by atoms with van der Waals surface area (Å²) in [7, 11) is 0. The average molecular weight is 348 g/mol. The third-order valence-electron chi connectivity index (χ3n) is 3.09. The van der Waals surface area contributed by atoms with Crippen LogP contribution in [-0.4, -0.2) is 17.0 Å². The van der Waals surface area contributed by atoms with Crippen molar-refractivity contribution < 1.29 is 14.7 Å². The molecule has 1 amide bonds. The number of anilines is 1. The summed E-state index contributed by atoms with van der Waals surface area (Å²) in [6.07, 6.45) is 0. The molecule has 0 bridgehead atoms. The van der Waals surface area contributed by atoms with Gasteiger partial charge < -0.3 is 10.4 Å². The Morgan fingerprint density at radius 1 is 1.05 bits per heavy atom. The maximum atomic E-state index is 12.3. The molecule has 2 aromatic rings. The molecule has 0 radical (unpaired) electrons. The van der Waals surface area contributed by atoms with E-state index in [4.69, 9.17) is 5.11 Å². The molecule has 0 saturated carbocycles. The smallest absolute Gasteiger partial charge is 0.336 e. The summed E-state index contributed by atoms with van der Waals surface area (Å²) < 4.78 is 0.691. The van der Waals surface area contributed by atoms with E-state index in [9.17, 15) is 9.59 Å². The highest BCUT2D eigenvalue weighted by Gasteiger charge is 2.13. The van der Waals surface area contributed by atoms with Crippen LogP contribution in [0.25, 0.3) is 0 Å². The molecule has 0 aliphatic rings. The van der Waals surface area contributed by atoms with Gasteiger partial charge >= 0.3 is 5.97 Å². The zero-order chi connectivity index (χ0) is 15.6. The minimum atomic E-state index is -1.01. The van der Waals surface area contributed by atoms with Crippen LogP contribution in [0.4, 0.5) is 5.69 Å². The molecule has 0 heterocycles. The summed E-state index contributed by atoms with van der Waals surface area (Å²) in [6.45, 7) is 3.61. The van der Waals surface area contributed by atoms with Crippen molar-refractivity contribution >= 4 is 33.5 Å². The number of amides is 1. The minimum absolute atomic E-state index is 0.177. The molecule has 5 heteroatoms. The third kappa shape index (κ3) is 3.49. The topological polar surface area (TPSA) is 66.4 Å². The van der Waals surface area contributed by atoms with Gasteiger partial charge in [-0.1, -0.05) is 17.7 Å². The van der Waals surface area contributed by atoms with Gasteiger partial charge in [0.2, 0.25) is 0 Å². The van der Waals surface area contributed by atoms with Crippen LogP contribution in [0.3, 0.4) is 0 Å². The molecule has 0 atom stereocenters. The third-order valence-corrected chi connectivity index (χ3v) is 3.78. The van der Waals surface area contributed by atoms with Crippen molar-refractivity contribution in [2.24, 2.45) is 0 Å². The van der Waals surface area contributed by atoms with Crippen molar-refractivity contribution in [2.75, 3.05) is 5.32 Å². The van der Waals surface area contributed by atoms with Gasteiger partial charge in [0.05, 0.1) is 11.1 Å². The fraction of sp³-hybridized carbons (Fsp3) is 0.125. The van der Waals surface area contributed by atoms with Crippen LogP contribution >= 0.6 is 15.9 Å². The number of halogens is 1. The van der Waals surface area contributed by atoms with Crippen LogP contribution < -0.4 is 5.32 Å². The normalized spacial score (nSPS) is 10.2. The van der Waals surface area contributed by atoms with Gasteiger partial charge in [0.15, 0.2) is 0 Å². The maximum absolute atomic E-state index is 12.3. The first-order chi connectivity index (χ1) is 9.88. The Morgan fingerprint density at radius 2 is 1.76 bits per heavy atom. The van der Waals surface area contributed by atoms with Gasteiger partial charge in [0.25, 0.3) is 5.91 Å². The van der Waals surface area contributed by atoms with E-state index >= 15 is 0 Å². The highest BCUT2D eigenvalue weighted by molar-refractivity contribution is 9.10. The second-order valence-electron chi connectivity index (χ2n) is 4.77. The first kappa shape index (κ1) is 15.3. The molecule has 4 nitrogen and oxygen atoms in total. The number of carbonyl (C=O) groups is 2. The lowest BCUT2D eigenvalue weighted by molar-refractivity contribution is 0.0695. The maximum Gasteiger partial charge on any atom is 0.336 e. The number of carboxylic acids is 1. The van der Waals surface area contributed by atoms with Crippen LogP contribution in [0.5, 0.6) is 0 Å². The Hall–Kier alpha value is -2.14. The molecule has 0 unspecified atom stereocenters. The van der Waals surface area contributed by atoms with Crippen molar-refractivity contribution in [3.8, 4) is 0 Å². The first-order valence-corrected chi connectivity index (χ1v) is 7.09. The molecule has 2 N–H and O–H groups in total. The van der Waals surface area contributed by atoms with Crippen LogP contribution in [0.1, 0.15) is 31.8 Å². The van der Waals surface area contributed by atoms with Crippen LogP contribution in [0.15, 0.2) is 40.9 Å². The molecule has 2 aromatic carbocycles. The van der Waals surface area contributed by atoms with E-state index in [0.717, 1.165) is 5.56 Å². The summed E-state index contributed by atoms with van der Waals surface area (Å²) in [5.41, 5.74) is 2.76. The van der Waals surface area contributed by atoms with Crippen molar-refractivity contribution in [3.05, 3.63) is 63.1 Å². The molecular weight excluding hydrogens is 334 g/mol. The largest absolute Gasteiger partial charge is 0.478 e. The van der Waals surface area contributed by atoms with Crippen LogP contribution in [0.2, 0.25) is 0 Å². The summed E-state index contributed by atoms with van der Waals surface area (Å²) in [5, 5.41) is 11.8. The van der Waals surface area contributed by atoms with Gasteiger partial charge in [-0.15, -0.1) is 0 Å². The Balaban J connectivity index is 2.29. The highest BCUT2D eigenvalue weighted by atomic mass is 79.9. The Kier molecular flexibility index (Phi) is 4.43. The second kappa shape index (κ2) is 6.10. The summed E-state index contributed by atoms with van der Waals surface area (Å²) in [6, 6.07) is 10.3. The Labute approximate surface area is 130 Å². The minimum Gasteiger partial charge on any atom is -0.478 e. The van der Waals surface area contributed by atoms with E-state index in [1.807, 2.05) is 19.1 Å². The number of rotatable bonds is 3. The lowest BCUT2D eigenvalue weighted by Gasteiger charge is -2.09. The zero-order valence-corrected chi connectivity index (χ0v) is 13.2.